The van der Waals surface area contributed by atoms with Gasteiger partial charge in [-0.3, -0.25) is 9.69 Å². The number of piperidine rings is 1. The molecule has 0 spiro atoms. The van der Waals surface area contributed by atoms with Crippen LogP contribution in [0.5, 0.6) is 0 Å². The summed E-state index contributed by atoms with van der Waals surface area (Å²) in [4.78, 5) is 13.3. The highest BCUT2D eigenvalue weighted by Gasteiger charge is 2.31. The Morgan fingerprint density at radius 1 is 1.50 bits per heavy atom. The van der Waals surface area contributed by atoms with E-state index in [1.54, 1.807) is 0 Å². The molecule has 4 nitrogen and oxygen atoms in total. The predicted molar refractivity (Wildman–Crippen MR) is 64.5 cm³/mol. The van der Waals surface area contributed by atoms with E-state index >= 15 is 0 Å². The van der Waals surface area contributed by atoms with E-state index < -0.39 is 5.97 Å². The number of likely N-dealkylation sites (tertiary alicyclic amines) is 1. The lowest BCUT2D eigenvalue weighted by atomic mass is 9.93. The van der Waals surface area contributed by atoms with Crippen molar-refractivity contribution in [2.75, 3.05) is 19.6 Å². The van der Waals surface area contributed by atoms with Crippen LogP contribution in [0.25, 0.3) is 0 Å². The number of rotatable bonds is 5. The van der Waals surface area contributed by atoms with Gasteiger partial charge < -0.3 is 10.4 Å². The topological polar surface area (TPSA) is 52.6 Å². The van der Waals surface area contributed by atoms with E-state index in [2.05, 4.69) is 31.0 Å². The number of carbonyl (C=O) groups is 1. The van der Waals surface area contributed by atoms with Crippen molar-refractivity contribution in [1.29, 1.82) is 0 Å². The third kappa shape index (κ3) is 3.76. The second kappa shape index (κ2) is 6.21. The Morgan fingerprint density at radius 3 is 2.69 bits per heavy atom. The van der Waals surface area contributed by atoms with Crippen molar-refractivity contribution in [3.63, 3.8) is 0 Å². The van der Waals surface area contributed by atoms with Gasteiger partial charge in [0.1, 0.15) is 0 Å². The first-order chi connectivity index (χ1) is 7.54. The summed E-state index contributed by atoms with van der Waals surface area (Å²) in [7, 11) is 0. The van der Waals surface area contributed by atoms with Crippen LogP contribution in [-0.2, 0) is 4.79 Å². The normalized spacial score (nSPS) is 27.2. The number of aliphatic carboxylic acids is 1. The standard InChI is InChI=1S/C12H24N2O2/c1-4-5-13-11-6-10(12(15)16)7-14(8-11)9(2)3/h9-11,13H,4-8H2,1-3H3,(H,15,16). The van der Waals surface area contributed by atoms with Gasteiger partial charge in [-0.25, -0.2) is 0 Å². The molecule has 0 bridgehead atoms. The zero-order valence-electron chi connectivity index (χ0n) is 10.6. The number of nitrogens with zero attached hydrogens (tertiary/aromatic N) is 1. The average molecular weight is 228 g/mol. The van der Waals surface area contributed by atoms with Crippen molar-refractivity contribution in [2.24, 2.45) is 5.92 Å². The summed E-state index contributed by atoms with van der Waals surface area (Å²) in [6, 6.07) is 0.755. The zero-order chi connectivity index (χ0) is 12.1. The molecule has 0 aliphatic carbocycles. The Labute approximate surface area is 98.0 Å². The smallest absolute Gasteiger partial charge is 0.307 e. The van der Waals surface area contributed by atoms with Gasteiger partial charge in [0.2, 0.25) is 0 Å². The molecule has 94 valence electrons. The molecule has 4 heteroatoms. The molecule has 16 heavy (non-hydrogen) atoms. The fourth-order valence-electron chi connectivity index (χ4n) is 2.23. The van der Waals surface area contributed by atoms with Crippen LogP contribution >= 0.6 is 0 Å². The number of carboxylic acid groups (broad SMARTS) is 1. The molecule has 0 aromatic heterocycles. The molecule has 0 saturated carbocycles. The number of nitrogens with one attached hydrogen (secondary N) is 1. The van der Waals surface area contributed by atoms with Gasteiger partial charge in [-0.15, -0.1) is 0 Å². The molecule has 1 heterocycles. The van der Waals surface area contributed by atoms with Crippen molar-refractivity contribution in [1.82, 2.24) is 10.2 Å². The quantitative estimate of drug-likeness (QED) is 0.741. The van der Waals surface area contributed by atoms with Gasteiger partial charge in [0.25, 0.3) is 0 Å². The Hall–Kier alpha value is -0.610. The van der Waals surface area contributed by atoms with Crippen LogP contribution in [0.3, 0.4) is 0 Å². The van der Waals surface area contributed by atoms with Crippen molar-refractivity contribution >= 4 is 5.97 Å². The largest absolute Gasteiger partial charge is 0.481 e. The first kappa shape index (κ1) is 13.5. The van der Waals surface area contributed by atoms with Crippen LogP contribution in [0, 0.1) is 5.92 Å². The summed E-state index contributed by atoms with van der Waals surface area (Å²) < 4.78 is 0. The molecule has 1 rings (SSSR count). The summed E-state index contributed by atoms with van der Waals surface area (Å²) in [5, 5.41) is 12.6. The van der Waals surface area contributed by atoms with Crippen LogP contribution in [0.4, 0.5) is 0 Å². The van der Waals surface area contributed by atoms with Gasteiger partial charge in [-0.1, -0.05) is 6.92 Å². The summed E-state index contributed by atoms with van der Waals surface area (Å²) in [6.07, 6.45) is 1.86. The van der Waals surface area contributed by atoms with Crippen LogP contribution in [0.15, 0.2) is 0 Å². The SMILES string of the molecule is CCCNC1CC(C(=O)O)CN(C(C)C)C1. The molecule has 0 amide bonds. The van der Waals surface area contributed by atoms with E-state index in [0.29, 0.717) is 18.6 Å². The maximum atomic E-state index is 11.1. The van der Waals surface area contributed by atoms with Gasteiger partial charge in [0.05, 0.1) is 5.92 Å². The Kier molecular flexibility index (Phi) is 5.22. The molecule has 0 aromatic carbocycles. The molecule has 1 saturated heterocycles. The van der Waals surface area contributed by atoms with E-state index in [9.17, 15) is 4.79 Å². The summed E-state index contributed by atoms with van der Waals surface area (Å²) >= 11 is 0. The highest BCUT2D eigenvalue weighted by molar-refractivity contribution is 5.70. The van der Waals surface area contributed by atoms with E-state index in [-0.39, 0.29) is 5.92 Å². The molecule has 0 aromatic rings. The fraction of sp³-hybridized carbons (Fsp3) is 0.917. The van der Waals surface area contributed by atoms with E-state index in [1.807, 2.05) is 0 Å². The monoisotopic (exact) mass is 228 g/mol. The van der Waals surface area contributed by atoms with Gasteiger partial charge in [-0.2, -0.15) is 0 Å². The molecule has 1 aliphatic rings. The average Bonchev–Trinajstić information content (AvgIpc) is 2.25. The number of hydrogen-bond donors (Lipinski definition) is 2. The first-order valence-electron chi connectivity index (χ1n) is 6.24. The van der Waals surface area contributed by atoms with Crippen molar-refractivity contribution in [3.05, 3.63) is 0 Å². The van der Waals surface area contributed by atoms with E-state index in [0.717, 1.165) is 25.9 Å². The van der Waals surface area contributed by atoms with Crippen LogP contribution in [0.1, 0.15) is 33.6 Å². The highest BCUT2D eigenvalue weighted by Crippen LogP contribution is 2.19. The first-order valence-corrected chi connectivity index (χ1v) is 6.24. The molecule has 2 N–H and O–H groups in total. The third-order valence-corrected chi connectivity index (χ3v) is 3.24. The molecule has 2 atom stereocenters. The van der Waals surface area contributed by atoms with Gasteiger partial charge >= 0.3 is 5.97 Å². The summed E-state index contributed by atoms with van der Waals surface area (Å²) in [6.45, 7) is 9.02. The minimum Gasteiger partial charge on any atom is -0.481 e. The van der Waals surface area contributed by atoms with Crippen LogP contribution < -0.4 is 5.32 Å². The van der Waals surface area contributed by atoms with E-state index in [1.165, 1.54) is 0 Å². The van der Waals surface area contributed by atoms with Gasteiger partial charge in [0, 0.05) is 25.2 Å². The predicted octanol–water partition coefficient (Wildman–Crippen LogP) is 1.17. The van der Waals surface area contributed by atoms with E-state index in [4.69, 9.17) is 5.11 Å². The molecular formula is C12H24N2O2. The summed E-state index contributed by atoms with van der Waals surface area (Å²) in [5.74, 6) is -0.876. The second-order valence-electron chi connectivity index (χ2n) is 4.97. The highest BCUT2D eigenvalue weighted by atomic mass is 16.4. The minimum absolute atomic E-state index is 0.217. The maximum Gasteiger partial charge on any atom is 0.307 e. The third-order valence-electron chi connectivity index (χ3n) is 3.24. The Bertz CT molecular complexity index is 231. The minimum atomic E-state index is -0.659. The second-order valence-corrected chi connectivity index (χ2v) is 4.97. The van der Waals surface area contributed by atoms with Crippen LogP contribution in [-0.4, -0.2) is 47.7 Å². The number of carboxylic acids is 1. The van der Waals surface area contributed by atoms with Crippen molar-refractivity contribution < 1.29 is 9.90 Å². The Balaban J connectivity index is 2.55. The molecule has 0 radical (unpaired) electrons. The molecule has 1 fully saturated rings. The molecule has 1 aliphatic heterocycles. The lowest BCUT2D eigenvalue weighted by Gasteiger charge is -2.38. The maximum absolute atomic E-state index is 11.1. The summed E-state index contributed by atoms with van der Waals surface area (Å²) in [5.41, 5.74) is 0. The lowest BCUT2D eigenvalue weighted by molar-refractivity contribution is -0.144. The van der Waals surface area contributed by atoms with Gasteiger partial charge in [0.15, 0.2) is 0 Å². The molecule has 2 unspecified atom stereocenters. The number of hydrogen-bond acceptors (Lipinski definition) is 3. The zero-order valence-corrected chi connectivity index (χ0v) is 10.6. The lowest BCUT2D eigenvalue weighted by Crippen LogP contribution is -2.53. The Morgan fingerprint density at radius 2 is 2.19 bits per heavy atom. The van der Waals surface area contributed by atoms with Crippen LogP contribution in [0.2, 0.25) is 0 Å². The van der Waals surface area contributed by atoms with Gasteiger partial charge in [-0.05, 0) is 33.2 Å². The van der Waals surface area contributed by atoms with Crippen molar-refractivity contribution in [2.45, 2.75) is 45.7 Å². The fourth-order valence-corrected chi connectivity index (χ4v) is 2.23. The van der Waals surface area contributed by atoms with Crippen molar-refractivity contribution in [3.8, 4) is 0 Å². The molecular weight excluding hydrogens is 204 g/mol.